The molecule has 0 spiro atoms. The number of fused-ring (bicyclic) bond motifs is 1. The molecule has 0 aliphatic rings. The summed E-state index contributed by atoms with van der Waals surface area (Å²) >= 11 is 0. The van der Waals surface area contributed by atoms with Gasteiger partial charge >= 0.3 is 5.97 Å². The number of carboxylic acids is 1. The normalized spacial score (nSPS) is 11.9. The van der Waals surface area contributed by atoms with Gasteiger partial charge < -0.3 is 9.67 Å². The third-order valence-electron chi connectivity index (χ3n) is 2.74. The lowest BCUT2D eigenvalue weighted by molar-refractivity contribution is 0.0697. The molecule has 0 atom stereocenters. The Morgan fingerprint density at radius 1 is 1.39 bits per heavy atom. The maximum absolute atomic E-state index is 11.3. The summed E-state index contributed by atoms with van der Waals surface area (Å²) in [6.07, 6.45) is 2.90. The lowest BCUT2D eigenvalue weighted by atomic mass is 10.1. The molecular weight excluding hydrogens is 254 g/mol. The van der Waals surface area contributed by atoms with Gasteiger partial charge in [-0.15, -0.1) is 0 Å². The monoisotopic (exact) mass is 267 g/mol. The van der Waals surface area contributed by atoms with Gasteiger partial charge in [0.1, 0.15) is 0 Å². The van der Waals surface area contributed by atoms with Gasteiger partial charge in [0.25, 0.3) is 0 Å². The number of nitrogens with zero attached hydrogens (tertiary/aromatic N) is 1. The first-order valence-electron chi connectivity index (χ1n) is 5.27. The summed E-state index contributed by atoms with van der Waals surface area (Å²) in [5, 5.41) is 9.69. The summed E-state index contributed by atoms with van der Waals surface area (Å²) in [5.74, 6) is -1.04. The number of hydrogen-bond acceptors (Lipinski definition) is 3. The van der Waals surface area contributed by atoms with Gasteiger partial charge in [-0.25, -0.2) is 13.2 Å². The predicted molar refractivity (Wildman–Crippen MR) is 68.4 cm³/mol. The Balaban J connectivity index is 2.63. The van der Waals surface area contributed by atoms with E-state index in [0.29, 0.717) is 11.1 Å². The van der Waals surface area contributed by atoms with Crippen LogP contribution in [0.1, 0.15) is 15.9 Å². The summed E-state index contributed by atoms with van der Waals surface area (Å²) in [4.78, 5) is 10.9. The van der Waals surface area contributed by atoms with Crippen molar-refractivity contribution in [3.8, 4) is 0 Å². The lowest BCUT2D eigenvalue weighted by Crippen LogP contribution is -2.00. The second kappa shape index (κ2) is 4.13. The van der Waals surface area contributed by atoms with Crippen LogP contribution in [0, 0.1) is 0 Å². The maximum atomic E-state index is 11.3. The zero-order valence-electron chi connectivity index (χ0n) is 10.0. The molecule has 0 saturated heterocycles. The molecule has 1 aromatic carbocycles. The van der Waals surface area contributed by atoms with Gasteiger partial charge in [0.15, 0.2) is 9.84 Å². The quantitative estimate of drug-likeness (QED) is 0.912. The maximum Gasteiger partial charge on any atom is 0.335 e. The van der Waals surface area contributed by atoms with Crippen molar-refractivity contribution in [1.82, 2.24) is 4.57 Å². The second-order valence-corrected chi connectivity index (χ2v) is 6.51. The number of hydrogen-bond donors (Lipinski definition) is 1. The molecule has 0 fully saturated rings. The highest BCUT2D eigenvalue weighted by molar-refractivity contribution is 7.89. The zero-order chi connectivity index (χ0) is 13.5. The first-order chi connectivity index (χ1) is 8.28. The van der Waals surface area contributed by atoms with E-state index in [-0.39, 0.29) is 11.3 Å². The average molecular weight is 267 g/mol. The molecule has 0 unspecified atom stereocenters. The highest BCUT2D eigenvalue weighted by atomic mass is 32.2. The molecule has 1 N–H and O–H groups in total. The Bertz CT molecular complexity index is 728. The van der Waals surface area contributed by atoms with Crippen LogP contribution in [-0.4, -0.2) is 30.3 Å². The van der Waals surface area contributed by atoms with E-state index in [1.807, 2.05) is 0 Å². The van der Waals surface area contributed by atoms with Crippen LogP contribution in [0.25, 0.3) is 10.9 Å². The van der Waals surface area contributed by atoms with Crippen LogP contribution in [0.2, 0.25) is 0 Å². The van der Waals surface area contributed by atoms with Crippen LogP contribution < -0.4 is 0 Å². The van der Waals surface area contributed by atoms with E-state index in [2.05, 4.69) is 0 Å². The number of sulfone groups is 1. The van der Waals surface area contributed by atoms with Crippen LogP contribution in [0.5, 0.6) is 0 Å². The summed E-state index contributed by atoms with van der Waals surface area (Å²) in [6.45, 7) is 0. The highest BCUT2D eigenvalue weighted by Gasteiger charge is 2.13. The topological polar surface area (TPSA) is 76.4 Å². The number of aromatic nitrogens is 1. The van der Waals surface area contributed by atoms with E-state index in [4.69, 9.17) is 5.11 Å². The SMILES string of the molecule is Cn1cc(CS(C)(=O)=O)c2ccc(C(=O)O)cc21. The molecule has 18 heavy (non-hydrogen) atoms. The molecule has 96 valence electrons. The van der Waals surface area contributed by atoms with Gasteiger partial charge in [-0.1, -0.05) is 6.07 Å². The van der Waals surface area contributed by atoms with Crippen molar-refractivity contribution in [3.05, 3.63) is 35.5 Å². The first-order valence-corrected chi connectivity index (χ1v) is 7.33. The van der Waals surface area contributed by atoms with Crippen molar-refractivity contribution in [1.29, 1.82) is 0 Å². The summed E-state index contributed by atoms with van der Waals surface area (Å²) in [7, 11) is -1.35. The fourth-order valence-corrected chi connectivity index (χ4v) is 2.79. The predicted octanol–water partition coefficient (Wildman–Crippen LogP) is 1.42. The van der Waals surface area contributed by atoms with E-state index in [0.717, 1.165) is 5.39 Å². The van der Waals surface area contributed by atoms with Crippen molar-refractivity contribution in [2.75, 3.05) is 6.26 Å². The van der Waals surface area contributed by atoms with Gasteiger partial charge in [-0.05, 0) is 17.7 Å². The fraction of sp³-hybridized carbons (Fsp3) is 0.250. The van der Waals surface area contributed by atoms with Crippen LogP contribution >= 0.6 is 0 Å². The Morgan fingerprint density at radius 2 is 2.06 bits per heavy atom. The minimum atomic E-state index is -3.11. The van der Waals surface area contributed by atoms with Gasteiger partial charge in [0.05, 0.1) is 11.3 Å². The van der Waals surface area contributed by atoms with E-state index in [1.54, 1.807) is 29.9 Å². The molecule has 1 heterocycles. The van der Waals surface area contributed by atoms with E-state index in [9.17, 15) is 13.2 Å². The number of rotatable bonds is 3. The molecule has 1 aromatic heterocycles. The molecule has 5 nitrogen and oxygen atoms in total. The smallest absolute Gasteiger partial charge is 0.335 e. The van der Waals surface area contributed by atoms with Gasteiger partial charge in [0, 0.05) is 30.4 Å². The summed E-state index contributed by atoms with van der Waals surface area (Å²) in [5.41, 5.74) is 1.59. The van der Waals surface area contributed by atoms with Crippen LogP contribution in [0.3, 0.4) is 0 Å². The molecule has 0 amide bonds. The molecule has 0 aliphatic heterocycles. The molecular formula is C12H13NO4S. The summed E-state index contributed by atoms with van der Waals surface area (Å²) in [6, 6.07) is 4.68. The number of benzene rings is 1. The third-order valence-corrected chi connectivity index (χ3v) is 3.57. The molecule has 0 aliphatic carbocycles. The van der Waals surface area contributed by atoms with Crippen LogP contribution in [0.4, 0.5) is 0 Å². The number of carbonyl (C=O) groups is 1. The zero-order valence-corrected chi connectivity index (χ0v) is 10.9. The Hall–Kier alpha value is -1.82. The number of aromatic carboxylic acids is 1. The molecule has 0 radical (unpaired) electrons. The van der Waals surface area contributed by atoms with E-state index < -0.39 is 15.8 Å². The fourth-order valence-electron chi connectivity index (χ4n) is 2.00. The second-order valence-electron chi connectivity index (χ2n) is 4.37. The Morgan fingerprint density at radius 3 is 2.61 bits per heavy atom. The molecule has 0 bridgehead atoms. The molecule has 2 rings (SSSR count). The Labute approximate surface area is 105 Å². The Kier molecular flexibility index (Phi) is 2.90. The minimum absolute atomic E-state index is 0.0449. The lowest BCUT2D eigenvalue weighted by Gasteiger charge is -1.99. The first kappa shape index (κ1) is 12.6. The van der Waals surface area contributed by atoms with Crippen molar-refractivity contribution in [2.45, 2.75) is 5.75 Å². The van der Waals surface area contributed by atoms with Crippen LogP contribution in [-0.2, 0) is 22.6 Å². The van der Waals surface area contributed by atoms with Crippen molar-refractivity contribution >= 4 is 26.7 Å². The number of carboxylic acid groups (broad SMARTS) is 1. The molecule has 0 saturated carbocycles. The minimum Gasteiger partial charge on any atom is -0.478 e. The molecule has 6 heteroatoms. The van der Waals surface area contributed by atoms with Crippen molar-refractivity contribution < 1.29 is 18.3 Å². The standard InChI is InChI=1S/C12H13NO4S/c1-13-6-9(7-18(2,16)17)10-4-3-8(12(14)15)5-11(10)13/h3-6H,7H2,1-2H3,(H,14,15). The van der Waals surface area contributed by atoms with E-state index in [1.165, 1.54) is 12.3 Å². The van der Waals surface area contributed by atoms with Gasteiger partial charge in [-0.3, -0.25) is 0 Å². The van der Waals surface area contributed by atoms with Crippen molar-refractivity contribution in [3.63, 3.8) is 0 Å². The number of aryl methyl sites for hydroxylation is 1. The highest BCUT2D eigenvalue weighted by Crippen LogP contribution is 2.23. The largest absolute Gasteiger partial charge is 0.478 e. The average Bonchev–Trinajstić information content (AvgIpc) is 2.53. The van der Waals surface area contributed by atoms with Crippen LogP contribution in [0.15, 0.2) is 24.4 Å². The van der Waals surface area contributed by atoms with Gasteiger partial charge in [-0.2, -0.15) is 0 Å². The van der Waals surface area contributed by atoms with Gasteiger partial charge in [0.2, 0.25) is 0 Å². The van der Waals surface area contributed by atoms with E-state index >= 15 is 0 Å². The third kappa shape index (κ3) is 2.38. The molecule has 2 aromatic rings. The summed E-state index contributed by atoms with van der Waals surface area (Å²) < 4.78 is 24.4. The van der Waals surface area contributed by atoms with Crippen molar-refractivity contribution in [2.24, 2.45) is 7.05 Å².